The second kappa shape index (κ2) is 8.25. The largest absolute Gasteiger partial charge is 0.505 e. The molecule has 0 fully saturated rings. The summed E-state index contributed by atoms with van der Waals surface area (Å²) in [6.07, 6.45) is 1.70. The van der Waals surface area contributed by atoms with Crippen LogP contribution in [0.25, 0.3) is 10.9 Å². The molecule has 3 aromatic rings. The van der Waals surface area contributed by atoms with Crippen molar-refractivity contribution in [1.29, 1.82) is 0 Å². The molecule has 1 heterocycles. The standard InChI is InChI=1S/C22H21ClFNO4/c1-3-4-8-15(22(28)29)18-12(2)25(16-9-10-17(26)20(24)19(16)18)21(27)13-6-5-7-14(23)11-13/h5-7,9-11,15,26H,3-4,8H2,1-2H3,(H,28,29). The van der Waals surface area contributed by atoms with E-state index in [0.29, 0.717) is 23.6 Å². The highest BCUT2D eigenvalue weighted by molar-refractivity contribution is 6.31. The molecule has 2 N–H and O–H groups in total. The van der Waals surface area contributed by atoms with Crippen molar-refractivity contribution in [3.05, 3.63) is 64.1 Å². The Kier molecular flexibility index (Phi) is 5.94. The van der Waals surface area contributed by atoms with Gasteiger partial charge in [-0.15, -0.1) is 0 Å². The van der Waals surface area contributed by atoms with Crippen molar-refractivity contribution in [2.24, 2.45) is 0 Å². The number of nitrogens with zero attached hydrogens (tertiary/aromatic N) is 1. The molecule has 29 heavy (non-hydrogen) atoms. The number of hydrogen-bond acceptors (Lipinski definition) is 3. The van der Waals surface area contributed by atoms with E-state index in [1.165, 1.54) is 16.7 Å². The van der Waals surface area contributed by atoms with Gasteiger partial charge in [-0.1, -0.05) is 37.4 Å². The van der Waals surface area contributed by atoms with Gasteiger partial charge in [0.15, 0.2) is 11.6 Å². The lowest BCUT2D eigenvalue weighted by Gasteiger charge is -2.14. The van der Waals surface area contributed by atoms with Crippen LogP contribution < -0.4 is 0 Å². The van der Waals surface area contributed by atoms with E-state index in [2.05, 4.69) is 0 Å². The molecule has 0 amide bonds. The average Bonchev–Trinajstić information content (AvgIpc) is 2.97. The number of carbonyl (C=O) groups excluding carboxylic acids is 1. The summed E-state index contributed by atoms with van der Waals surface area (Å²) >= 11 is 6.00. The molecular formula is C22H21ClFNO4. The minimum atomic E-state index is -1.10. The number of phenolic OH excluding ortho intramolecular Hbond substituents is 1. The van der Waals surface area contributed by atoms with Gasteiger partial charge in [0.1, 0.15) is 0 Å². The summed E-state index contributed by atoms with van der Waals surface area (Å²) in [7, 11) is 0. The van der Waals surface area contributed by atoms with Crippen molar-refractivity contribution in [3.63, 3.8) is 0 Å². The van der Waals surface area contributed by atoms with E-state index in [1.54, 1.807) is 25.1 Å². The Morgan fingerprint density at radius 1 is 1.24 bits per heavy atom. The van der Waals surface area contributed by atoms with E-state index >= 15 is 0 Å². The molecule has 1 atom stereocenters. The van der Waals surface area contributed by atoms with Crippen LogP contribution in [0.2, 0.25) is 5.02 Å². The van der Waals surface area contributed by atoms with E-state index in [9.17, 15) is 24.2 Å². The van der Waals surface area contributed by atoms with E-state index in [-0.39, 0.29) is 22.0 Å². The second-order valence-corrected chi connectivity index (χ2v) is 7.41. The summed E-state index contributed by atoms with van der Waals surface area (Å²) in [6.45, 7) is 3.53. The predicted octanol–water partition coefficient (Wildman–Crippen LogP) is 5.49. The van der Waals surface area contributed by atoms with Crippen molar-refractivity contribution in [1.82, 2.24) is 4.57 Å². The third-order valence-electron chi connectivity index (χ3n) is 5.10. The normalized spacial score (nSPS) is 12.3. The summed E-state index contributed by atoms with van der Waals surface area (Å²) in [5.74, 6) is -4.07. The number of aromatic nitrogens is 1. The van der Waals surface area contributed by atoms with Gasteiger partial charge >= 0.3 is 5.97 Å². The molecule has 7 heteroatoms. The van der Waals surface area contributed by atoms with Crippen molar-refractivity contribution >= 4 is 34.4 Å². The number of unbranched alkanes of at least 4 members (excludes halogenated alkanes) is 1. The average molecular weight is 418 g/mol. The summed E-state index contributed by atoms with van der Waals surface area (Å²) < 4.78 is 16.2. The lowest BCUT2D eigenvalue weighted by Crippen LogP contribution is -2.16. The van der Waals surface area contributed by atoms with Crippen LogP contribution >= 0.6 is 11.6 Å². The fourth-order valence-corrected chi connectivity index (χ4v) is 3.91. The van der Waals surface area contributed by atoms with Crippen LogP contribution in [0, 0.1) is 12.7 Å². The molecular weight excluding hydrogens is 397 g/mol. The molecule has 0 bridgehead atoms. The Balaban J connectivity index is 2.32. The first-order valence-electron chi connectivity index (χ1n) is 9.33. The Morgan fingerprint density at radius 2 is 1.97 bits per heavy atom. The number of aromatic hydroxyl groups is 1. The first kappa shape index (κ1) is 20.9. The third kappa shape index (κ3) is 3.72. The van der Waals surface area contributed by atoms with Crippen molar-refractivity contribution in [3.8, 4) is 5.75 Å². The van der Waals surface area contributed by atoms with Crippen LogP contribution in [0.1, 0.15) is 53.7 Å². The quantitative estimate of drug-likeness (QED) is 0.555. The number of benzene rings is 2. The highest BCUT2D eigenvalue weighted by atomic mass is 35.5. The number of hydrogen-bond donors (Lipinski definition) is 2. The number of rotatable bonds is 6. The van der Waals surface area contributed by atoms with Gasteiger partial charge in [0, 0.05) is 21.7 Å². The summed E-state index contributed by atoms with van der Waals surface area (Å²) in [5, 5.41) is 20.0. The number of aliphatic carboxylic acids is 1. The summed E-state index contributed by atoms with van der Waals surface area (Å²) in [5.41, 5.74) is 1.04. The molecule has 0 spiro atoms. The number of phenols is 1. The summed E-state index contributed by atoms with van der Waals surface area (Å²) in [6, 6.07) is 8.92. The van der Waals surface area contributed by atoms with Gasteiger partial charge in [-0.3, -0.25) is 14.2 Å². The maximum absolute atomic E-state index is 14.9. The van der Waals surface area contributed by atoms with Gasteiger partial charge in [0.25, 0.3) is 5.91 Å². The molecule has 2 aromatic carbocycles. The lowest BCUT2D eigenvalue weighted by molar-refractivity contribution is -0.139. The molecule has 152 valence electrons. The van der Waals surface area contributed by atoms with Gasteiger partial charge in [-0.2, -0.15) is 0 Å². The van der Waals surface area contributed by atoms with Gasteiger partial charge in [-0.25, -0.2) is 4.39 Å². The predicted molar refractivity (Wildman–Crippen MR) is 109 cm³/mol. The molecule has 0 aliphatic rings. The van der Waals surface area contributed by atoms with Crippen LogP contribution in [0.4, 0.5) is 4.39 Å². The zero-order valence-corrected chi connectivity index (χ0v) is 16.8. The highest BCUT2D eigenvalue weighted by Gasteiger charge is 2.31. The fraction of sp³-hybridized carbons (Fsp3) is 0.273. The Bertz CT molecular complexity index is 1110. The Labute approximate surface area is 172 Å². The molecule has 0 saturated heterocycles. The number of carboxylic acids is 1. The van der Waals surface area contributed by atoms with E-state index in [1.807, 2.05) is 6.92 Å². The van der Waals surface area contributed by atoms with Gasteiger partial charge in [0.2, 0.25) is 0 Å². The second-order valence-electron chi connectivity index (χ2n) is 6.98. The SMILES string of the molecule is CCCCC(C(=O)O)c1c(C)n(C(=O)c2cccc(Cl)c2)c2ccc(O)c(F)c12. The smallest absolute Gasteiger partial charge is 0.311 e. The van der Waals surface area contributed by atoms with Gasteiger partial charge in [-0.05, 0) is 49.2 Å². The minimum absolute atomic E-state index is 0.0404. The maximum atomic E-state index is 14.9. The molecule has 1 unspecified atom stereocenters. The van der Waals surface area contributed by atoms with Crippen LogP contribution in [0.3, 0.4) is 0 Å². The van der Waals surface area contributed by atoms with Crippen molar-refractivity contribution in [2.45, 2.75) is 39.0 Å². The van der Waals surface area contributed by atoms with E-state index in [4.69, 9.17) is 11.6 Å². The van der Waals surface area contributed by atoms with Gasteiger partial charge < -0.3 is 10.2 Å². The summed E-state index contributed by atoms with van der Waals surface area (Å²) in [4.78, 5) is 25.2. The number of carboxylic acid groups (broad SMARTS) is 1. The van der Waals surface area contributed by atoms with Crippen LogP contribution in [-0.2, 0) is 4.79 Å². The fourth-order valence-electron chi connectivity index (χ4n) is 3.72. The van der Waals surface area contributed by atoms with Crippen LogP contribution in [-0.4, -0.2) is 26.7 Å². The molecule has 0 aliphatic carbocycles. The zero-order chi connectivity index (χ0) is 21.3. The third-order valence-corrected chi connectivity index (χ3v) is 5.34. The topological polar surface area (TPSA) is 79.5 Å². The first-order chi connectivity index (χ1) is 13.8. The van der Waals surface area contributed by atoms with Crippen molar-refractivity contribution < 1.29 is 24.2 Å². The van der Waals surface area contributed by atoms with E-state index in [0.717, 1.165) is 12.5 Å². The Hall–Kier alpha value is -2.86. The van der Waals surface area contributed by atoms with Crippen LogP contribution in [0.5, 0.6) is 5.75 Å². The minimum Gasteiger partial charge on any atom is -0.505 e. The van der Waals surface area contributed by atoms with Crippen molar-refractivity contribution in [2.75, 3.05) is 0 Å². The molecule has 0 aliphatic heterocycles. The number of halogens is 2. The monoisotopic (exact) mass is 417 g/mol. The molecule has 3 rings (SSSR count). The zero-order valence-electron chi connectivity index (χ0n) is 16.1. The molecule has 0 saturated carbocycles. The first-order valence-corrected chi connectivity index (χ1v) is 9.71. The maximum Gasteiger partial charge on any atom is 0.311 e. The highest BCUT2D eigenvalue weighted by Crippen LogP contribution is 2.39. The molecule has 1 aromatic heterocycles. The molecule has 5 nitrogen and oxygen atoms in total. The van der Waals surface area contributed by atoms with Gasteiger partial charge in [0.05, 0.1) is 11.4 Å². The Morgan fingerprint density at radius 3 is 2.59 bits per heavy atom. The number of fused-ring (bicyclic) bond motifs is 1. The molecule has 0 radical (unpaired) electrons. The van der Waals surface area contributed by atoms with E-state index < -0.39 is 29.4 Å². The van der Waals surface area contributed by atoms with Crippen LogP contribution in [0.15, 0.2) is 36.4 Å². The number of carbonyl (C=O) groups is 2. The lowest BCUT2D eigenvalue weighted by atomic mass is 9.91.